The second kappa shape index (κ2) is 10.9. The fourth-order valence-corrected chi connectivity index (χ4v) is 2.37. The second-order valence-corrected chi connectivity index (χ2v) is 5.97. The van der Waals surface area contributed by atoms with Crippen LogP contribution in [-0.4, -0.2) is 17.4 Å². The molecule has 0 aromatic carbocycles. The monoisotopic (exact) mass is 342 g/mol. The van der Waals surface area contributed by atoms with E-state index < -0.39 is 0 Å². The van der Waals surface area contributed by atoms with Crippen LogP contribution in [0.3, 0.4) is 0 Å². The summed E-state index contributed by atoms with van der Waals surface area (Å²) >= 11 is 3.35. The quantitative estimate of drug-likeness (QED) is 0.321. The molecule has 0 amide bonds. The van der Waals surface area contributed by atoms with E-state index in [0.717, 1.165) is 31.3 Å². The van der Waals surface area contributed by atoms with Crippen molar-refractivity contribution >= 4 is 21.9 Å². The number of hydrogen-bond acceptors (Lipinski definition) is 2. The number of carbonyl (C=O) groups excluding carboxylic acids is 1. The highest BCUT2D eigenvalue weighted by molar-refractivity contribution is 9.09. The van der Waals surface area contributed by atoms with Crippen molar-refractivity contribution in [3.63, 3.8) is 0 Å². The molecule has 0 spiro atoms. The highest BCUT2D eigenvalue weighted by atomic mass is 79.9. The topological polar surface area (TPSA) is 26.3 Å². The molecule has 0 fully saturated rings. The number of allylic oxidation sites excluding steroid dienone is 4. The molecule has 0 saturated heterocycles. The standard InChI is InChI=1S/C17H27BrO2/c1-13(2)8-6-9-14(3)10-7-11-15(4)17(12-18)20-16(5)19/h8,10,17H,4,6-7,9,11-12H2,1-3,5H3/b14-10+. The maximum atomic E-state index is 11.0. The van der Waals surface area contributed by atoms with E-state index in [1.54, 1.807) is 0 Å². The molecule has 0 aliphatic rings. The van der Waals surface area contributed by atoms with Gasteiger partial charge in [0.25, 0.3) is 0 Å². The minimum Gasteiger partial charge on any atom is -0.457 e. The molecule has 0 rings (SSSR count). The fourth-order valence-electron chi connectivity index (χ4n) is 1.78. The number of alkyl halides is 1. The van der Waals surface area contributed by atoms with Gasteiger partial charge in [-0.15, -0.1) is 0 Å². The van der Waals surface area contributed by atoms with Crippen LogP contribution in [0.15, 0.2) is 35.5 Å². The average molecular weight is 343 g/mol. The van der Waals surface area contributed by atoms with E-state index in [9.17, 15) is 4.79 Å². The fraction of sp³-hybridized carbons (Fsp3) is 0.588. The van der Waals surface area contributed by atoms with Gasteiger partial charge in [0.1, 0.15) is 6.10 Å². The van der Waals surface area contributed by atoms with Crippen LogP contribution in [0.25, 0.3) is 0 Å². The van der Waals surface area contributed by atoms with Gasteiger partial charge >= 0.3 is 5.97 Å². The van der Waals surface area contributed by atoms with Gasteiger partial charge in [-0.1, -0.05) is 45.8 Å². The van der Waals surface area contributed by atoms with Crippen LogP contribution in [-0.2, 0) is 9.53 Å². The summed E-state index contributed by atoms with van der Waals surface area (Å²) in [6.07, 6.45) is 8.30. The van der Waals surface area contributed by atoms with Crippen molar-refractivity contribution in [2.24, 2.45) is 0 Å². The van der Waals surface area contributed by atoms with Crippen LogP contribution in [0.4, 0.5) is 0 Å². The SMILES string of the molecule is C=C(CC/C=C(\C)CCC=C(C)C)C(CBr)OC(C)=O. The molecule has 0 saturated carbocycles. The molecule has 2 nitrogen and oxygen atoms in total. The summed E-state index contributed by atoms with van der Waals surface area (Å²) in [7, 11) is 0. The first-order valence-electron chi connectivity index (χ1n) is 7.06. The lowest BCUT2D eigenvalue weighted by atomic mass is 10.0. The zero-order valence-corrected chi connectivity index (χ0v) is 14.8. The van der Waals surface area contributed by atoms with Crippen LogP contribution in [0.1, 0.15) is 53.4 Å². The minimum atomic E-state index is -0.260. The van der Waals surface area contributed by atoms with Crippen LogP contribution in [0, 0.1) is 0 Å². The lowest BCUT2D eigenvalue weighted by molar-refractivity contribution is -0.143. The molecule has 114 valence electrons. The first-order chi connectivity index (χ1) is 9.36. The van der Waals surface area contributed by atoms with Crippen LogP contribution < -0.4 is 0 Å². The molecule has 0 radical (unpaired) electrons. The van der Waals surface area contributed by atoms with E-state index in [-0.39, 0.29) is 12.1 Å². The van der Waals surface area contributed by atoms with E-state index in [1.165, 1.54) is 18.1 Å². The Hall–Kier alpha value is -0.830. The molecule has 0 N–H and O–H groups in total. The third kappa shape index (κ3) is 10.0. The largest absolute Gasteiger partial charge is 0.457 e. The van der Waals surface area contributed by atoms with Gasteiger partial charge < -0.3 is 4.74 Å². The summed E-state index contributed by atoms with van der Waals surface area (Å²) in [5.41, 5.74) is 3.73. The average Bonchev–Trinajstić information content (AvgIpc) is 2.35. The van der Waals surface area contributed by atoms with Crippen LogP contribution in [0.2, 0.25) is 0 Å². The molecular formula is C17H27BrO2. The van der Waals surface area contributed by atoms with Crippen molar-refractivity contribution in [2.45, 2.75) is 59.5 Å². The maximum absolute atomic E-state index is 11.0. The second-order valence-electron chi connectivity index (χ2n) is 5.32. The first kappa shape index (κ1) is 19.2. The maximum Gasteiger partial charge on any atom is 0.303 e. The predicted molar refractivity (Wildman–Crippen MR) is 90.1 cm³/mol. The number of carbonyl (C=O) groups is 1. The van der Waals surface area contributed by atoms with Gasteiger partial charge in [-0.25, -0.2) is 0 Å². The first-order valence-corrected chi connectivity index (χ1v) is 8.18. The van der Waals surface area contributed by atoms with Crippen molar-refractivity contribution in [3.05, 3.63) is 35.5 Å². The molecule has 0 aromatic heterocycles. The summed E-state index contributed by atoms with van der Waals surface area (Å²) < 4.78 is 5.20. The Labute approximate surface area is 132 Å². The Kier molecular flexibility index (Phi) is 10.4. The Morgan fingerprint density at radius 1 is 1.15 bits per heavy atom. The normalized spacial score (nSPS) is 12.8. The highest BCUT2D eigenvalue weighted by Crippen LogP contribution is 2.16. The predicted octanol–water partition coefficient (Wildman–Crippen LogP) is 5.34. The molecule has 0 aliphatic carbocycles. The van der Waals surface area contributed by atoms with Crippen molar-refractivity contribution in [2.75, 3.05) is 5.33 Å². The Bertz CT molecular complexity index is 376. The number of ether oxygens (including phenoxy) is 1. The summed E-state index contributed by atoms with van der Waals surface area (Å²) in [5, 5.41) is 0.606. The summed E-state index contributed by atoms with van der Waals surface area (Å²) in [4.78, 5) is 11.0. The lowest BCUT2D eigenvalue weighted by Crippen LogP contribution is -2.19. The smallest absolute Gasteiger partial charge is 0.303 e. The summed E-state index contributed by atoms with van der Waals surface area (Å²) in [5.74, 6) is -0.260. The van der Waals surface area contributed by atoms with Crippen molar-refractivity contribution in [3.8, 4) is 0 Å². The zero-order valence-electron chi connectivity index (χ0n) is 13.2. The summed E-state index contributed by atoms with van der Waals surface area (Å²) in [6.45, 7) is 11.9. The number of rotatable bonds is 9. The van der Waals surface area contributed by atoms with Gasteiger partial charge in [0.2, 0.25) is 0 Å². The van der Waals surface area contributed by atoms with Crippen LogP contribution in [0.5, 0.6) is 0 Å². The van der Waals surface area contributed by atoms with Crippen LogP contribution >= 0.6 is 15.9 Å². The number of esters is 1. The van der Waals surface area contributed by atoms with E-state index in [4.69, 9.17) is 4.74 Å². The third-order valence-electron chi connectivity index (χ3n) is 2.95. The van der Waals surface area contributed by atoms with Gasteiger partial charge in [-0.05, 0) is 52.0 Å². The molecule has 0 bridgehead atoms. The molecule has 0 aliphatic heterocycles. The molecule has 1 unspecified atom stereocenters. The van der Waals surface area contributed by atoms with Gasteiger partial charge in [-0.2, -0.15) is 0 Å². The van der Waals surface area contributed by atoms with E-state index in [1.807, 2.05) is 0 Å². The van der Waals surface area contributed by atoms with Gasteiger partial charge in [0.15, 0.2) is 0 Å². The van der Waals surface area contributed by atoms with Gasteiger partial charge in [0, 0.05) is 12.3 Å². The third-order valence-corrected chi connectivity index (χ3v) is 3.54. The van der Waals surface area contributed by atoms with Crippen molar-refractivity contribution < 1.29 is 9.53 Å². The van der Waals surface area contributed by atoms with Gasteiger partial charge in [-0.3, -0.25) is 4.79 Å². The Morgan fingerprint density at radius 2 is 1.75 bits per heavy atom. The van der Waals surface area contributed by atoms with E-state index in [0.29, 0.717) is 5.33 Å². The van der Waals surface area contributed by atoms with E-state index >= 15 is 0 Å². The molecule has 20 heavy (non-hydrogen) atoms. The van der Waals surface area contributed by atoms with Gasteiger partial charge in [0.05, 0.1) is 0 Å². The molecule has 0 heterocycles. The number of halogens is 1. The summed E-state index contributed by atoms with van der Waals surface area (Å²) in [6, 6.07) is 0. The number of hydrogen-bond donors (Lipinski definition) is 0. The van der Waals surface area contributed by atoms with E-state index in [2.05, 4.69) is 55.4 Å². The molecular weight excluding hydrogens is 316 g/mol. The lowest BCUT2D eigenvalue weighted by Gasteiger charge is -2.16. The Morgan fingerprint density at radius 3 is 2.25 bits per heavy atom. The zero-order chi connectivity index (χ0) is 15.5. The van der Waals surface area contributed by atoms with Crippen molar-refractivity contribution in [1.29, 1.82) is 0 Å². The molecule has 0 aromatic rings. The minimum absolute atomic E-state index is 0.216. The van der Waals surface area contributed by atoms with Crippen molar-refractivity contribution in [1.82, 2.24) is 0 Å². The molecule has 3 heteroatoms. The Balaban J connectivity index is 4.10. The highest BCUT2D eigenvalue weighted by Gasteiger charge is 2.13. The molecule has 1 atom stereocenters.